The van der Waals surface area contributed by atoms with E-state index in [1.807, 2.05) is 10.9 Å². The molecule has 0 atom stereocenters. The molecular formula is C30H31Cl3N6O4S. The summed E-state index contributed by atoms with van der Waals surface area (Å²) in [6, 6.07) is 11.9. The second-order valence-electron chi connectivity index (χ2n) is 10.3. The molecule has 1 N–H and O–H groups in total. The van der Waals surface area contributed by atoms with E-state index < -0.39 is 10.0 Å². The molecule has 44 heavy (non-hydrogen) atoms. The molecular weight excluding hydrogens is 647 g/mol. The molecule has 0 unspecified atom stereocenters. The van der Waals surface area contributed by atoms with Gasteiger partial charge in [-0.2, -0.15) is 5.10 Å². The van der Waals surface area contributed by atoms with Crippen molar-refractivity contribution in [1.82, 2.24) is 29.0 Å². The molecule has 3 aromatic heterocycles. The van der Waals surface area contributed by atoms with Gasteiger partial charge in [0.2, 0.25) is 0 Å². The first-order valence-corrected chi connectivity index (χ1v) is 16.0. The Kier molecular flexibility index (Phi) is 9.71. The SMILES string of the molecule is COc1cc(OC)c(Cl)c(CCc2cnc3cc(-c4cnn(C5CCNCC5)c4)n(S(=O)(=O)c4ccccc4)c3n2)c1Cl.Cl. The van der Waals surface area contributed by atoms with Crippen LogP contribution in [0, 0.1) is 0 Å². The van der Waals surface area contributed by atoms with Crippen LogP contribution in [0.4, 0.5) is 0 Å². The molecule has 2 aromatic carbocycles. The number of hydrogen-bond donors (Lipinski definition) is 1. The molecule has 10 nitrogen and oxygen atoms in total. The third kappa shape index (κ3) is 5.99. The summed E-state index contributed by atoms with van der Waals surface area (Å²) in [7, 11) is -0.999. The van der Waals surface area contributed by atoms with Gasteiger partial charge in [-0.1, -0.05) is 41.4 Å². The molecule has 4 heterocycles. The van der Waals surface area contributed by atoms with Gasteiger partial charge in [0.15, 0.2) is 5.65 Å². The van der Waals surface area contributed by atoms with E-state index in [2.05, 4.69) is 15.4 Å². The predicted octanol–water partition coefficient (Wildman–Crippen LogP) is 5.99. The van der Waals surface area contributed by atoms with E-state index in [0.29, 0.717) is 62.4 Å². The Bertz CT molecular complexity index is 1860. The average Bonchev–Trinajstić information content (AvgIpc) is 3.68. The van der Waals surface area contributed by atoms with Gasteiger partial charge in [0.05, 0.1) is 52.8 Å². The number of ether oxygens (including phenoxy) is 2. The minimum Gasteiger partial charge on any atom is -0.495 e. The maximum atomic E-state index is 14.1. The molecule has 6 rings (SSSR count). The molecule has 0 aliphatic carbocycles. The standard InChI is InChI=1S/C30H30Cl2N6O4S.ClH/c1-41-26-15-27(42-2)29(32)23(28(26)31)9-8-20-17-34-24-14-25(19-16-35-37(18-19)21-10-12-33-13-11-21)38(30(24)36-20)43(39,40)22-6-4-3-5-7-22;/h3-7,14-18,21,33H,8-13H2,1-2H3;1H. The molecule has 0 bridgehead atoms. The van der Waals surface area contributed by atoms with Crippen LogP contribution in [-0.4, -0.2) is 59.4 Å². The minimum atomic E-state index is -4.04. The van der Waals surface area contributed by atoms with Gasteiger partial charge in [0, 0.05) is 24.0 Å². The zero-order chi connectivity index (χ0) is 30.1. The van der Waals surface area contributed by atoms with Crippen molar-refractivity contribution >= 4 is 56.8 Å². The molecule has 0 spiro atoms. The zero-order valence-electron chi connectivity index (χ0n) is 24.0. The number of rotatable bonds is 9. The molecule has 1 aliphatic heterocycles. The Morgan fingerprint density at radius 1 is 0.977 bits per heavy atom. The Morgan fingerprint density at radius 2 is 1.66 bits per heavy atom. The highest BCUT2D eigenvalue weighted by Gasteiger charge is 2.27. The zero-order valence-corrected chi connectivity index (χ0v) is 27.2. The number of fused-ring (bicyclic) bond motifs is 1. The summed E-state index contributed by atoms with van der Waals surface area (Å²) in [5, 5.41) is 8.73. The van der Waals surface area contributed by atoms with Gasteiger partial charge in [0.1, 0.15) is 17.0 Å². The molecule has 5 aromatic rings. The number of methoxy groups -OCH3 is 2. The van der Waals surface area contributed by atoms with Gasteiger partial charge >= 0.3 is 0 Å². The van der Waals surface area contributed by atoms with Crippen LogP contribution in [0.2, 0.25) is 10.0 Å². The molecule has 1 aliphatic rings. The molecule has 0 radical (unpaired) electrons. The highest BCUT2D eigenvalue weighted by atomic mass is 35.5. The van der Waals surface area contributed by atoms with E-state index in [9.17, 15) is 8.42 Å². The fourth-order valence-corrected chi connectivity index (χ4v) is 7.57. The highest BCUT2D eigenvalue weighted by Crippen LogP contribution is 2.41. The van der Waals surface area contributed by atoms with Crippen molar-refractivity contribution in [1.29, 1.82) is 0 Å². The summed E-state index contributed by atoms with van der Waals surface area (Å²) in [5.41, 5.74) is 3.00. The molecule has 0 amide bonds. The van der Waals surface area contributed by atoms with E-state index in [1.54, 1.807) is 54.9 Å². The summed E-state index contributed by atoms with van der Waals surface area (Å²) in [5.74, 6) is 0.883. The second kappa shape index (κ2) is 13.3. The quantitative estimate of drug-likeness (QED) is 0.203. The smallest absolute Gasteiger partial charge is 0.269 e. The van der Waals surface area contributed by atoms with Gasteiger partial charge in [0.25, 0.3) is 10.0 Å². The van der Waals surface area contributed by atoms with Gasteiger partial charge < -0.3 is 14.8 Å². The molecule has 1 fully saturated rings. The topological polar surface area (TPSA) is 113 Å². The number of benzene rings is 2. The molecule has 1 saturated heterocycles. The average molecular weight is 678 g/mol. The Balaban J connectivity index is 0.00000384. The van der Waals surface area contributed by atoms with Gasteiger partial charge in [-0.3, -0.25) is 9.67 Å². The van der Waals surface area contributed by atoms with Crippen LogP contribution in [0.1, 0.15) is 30.1 Å². The van der Waals surface area contributed by atoms with E-state index in [-0.39, 0.29) is 29.0 Å². The highest BCUT2D eigenvalue weighted by molar-refractivity contribution is 7.90. The lowest BCUT2D eigenvalue weighted by Gasteiger charge is -2.22. The predicted molar refractivity (Wildman–Crippen MR) is 173 cm³/mol. The summed E-state index contributed by atoms with van der Waals surface area (Å²) in [6.45, 7) is 1.83. The number of halogens is 3. The van der Waals surface area contributed by atoms with Crippen molar-refractivity contribution in [3.63, 3.8) is 0 Å². The van der Waals surface area contributed by atoms with Gasteiger partial charge in [-0.05, 0) is 62.5 Å². The summed E-state index contributed by atoms with van der Waals surface area (Å²) in [6.07, 6.45) is 7.93. The fourth-order valence-electron chi connectivity index (χ4n) is 5.39. The second-order valence-corrected chi connectivity index (χ2v) is 12.8. The van der Waals surface area contributed by atoms with Crippen LogP contribution in [0.5, 0.6) is 11.5 Å². The summed E-state index contributed by atoms with van der Waals surface area (Å²) in [4.78, 5) is 9.57. The number of aryl methyl sites for hydroxylation is 1. The number of piperidine rings is 1. The third-order valence-electron chi connectivity index (χ3n) is 7.67. The van der Waals surface area contributed by atoms with Crippen LogP contribution in [0.25, 0.3) is 22.4 Å². The van der Waals surface area contributed by atoms with Crippen LogP contribution in [-0.2, 0) is 22.9 Å². The van der Waals surface area contributed by atoms with E-state index in [1.165, 1.54) is 18.2 Å². The third-order valence-corrected chi connectivity index (χ3v) is 10.2. The number of nitrogens with one attached hydrogen (secondary N) is 1. The van der Waals surface area contributed by atoms with Crippen LogP contribution in [0.15, 0.2) is 66.0 Å². The fraction of sp³-hybridized carbons (Fsp3) is 0.300. The summed E-state index contributed by atoms with van der Waals surface area (Å²) < 4.78 is 42.2. The van der Waals surface area contributed by atoms with Gasteiger partial charge in [-0.25, -0.2) is 17.4 Å². The molecule has 232 valence electrons. The van der Waals surface area contributed by atoms with Crippen LogP contribution in [0.3, 0.4) is 0 Å². The number of aromatic nitrogens is 5. The number of nitrogens with zero attached hydrogens (tertiary/aromatic N) is 5. The van der Waals surface area contributed by atoms with E-state index in [4.69, 9.17) is 37.7 Å². The van der Waals surface area contributed by atoms with Gasteiger partial charge in [-0.15, -0.1) is 12.4 Å². The van der Waals surface area contributed by atoms with E-state index >= 15 is 0 Å². The molecule has 0 saturated carbocycles. The Hall–Kier alpha value is -3.35. The lowest BCUT2D eigenvalue weighted by molar-refractivity contribution is 0.343. The summed E-state index contributed by atoms with van der Waals surface area (Å²) >= 11 is 13.2. The Labute approximate surface area is 271 Å². The minimum absolute atomic E-state index is 0. The van der Waals surface area contributed by atoms with Crippen molar-refractivity contribution in [2.75, 3.05) is 27.3 Å². The largest absolute Gasteiger partial charge is 0.495 e. The first-order chi connectivity index (χ1) is 20.8. The van der Waals surface area contributed by atoms with Crippen molar-refractivity contribution in [3.05, 3.63) is 82.4 Å². The maximum absolute atomic E-state index is 14.1. The van der Waals surface area contributed by atoms with Crippen LogP contribution >= 0.6 is 35.6 Å². The first-order valence-electron chi connectivity index (χ1n) is 13.8. The normalized spacial score (nSPS) is 14.0. The van der Waals surface area contributed by atoms with E-state index in [0.717, 1.165) is 25.9 Å². The van der Waals surface area contributed by atoms with Crippen LogP contribution < -0.4 is 14.8 Å². The number of hydrogen-bond acceptors (Lipinski definition) is 8. The van der Waals surface area contributed by atoms with Crippen molar-refractivity contribution in [2.24, 2.45) is 0 Å². The molecule has 14 heteroatoms. The lowest BCUT2D eigenvalue weighted by Crippen LogP contribution is -2.29. The first kappa shape index (κ1) is 32.1. The Morgan fingerprint density at radius 3 is 2.32 bits per heavy atom. The maximum Gasteiger partial charge on any atom is 0.269 e. The van der Waals surface area contributed by atoms with Crippen molar-refractivity contribution in [2.45, 2.75) is 36.6 Å². The van der Waals surface area contributed by atoms with Crippen molar-refractivity contribution in [3.8, 4) is 22.8 Å². The monoisotopic (exact) mass is 676 g/mol. The van der Waals surface area contributed by atoms with Crippen molar-refractivity contribution < 1.29 is 17.9 Å². The lowest BCUT2D eigenvalue weighted by atomic mass is 10.1.